The molecule has 2 rings (SSSR count). The summed E-state index contributed by atoms with van der Waals surface area (Å²) in [5.41, 5.74) is 2.64. The van der Waals surface area contributed by atoms with Crippen LogP contribution in [-0.4, -0.2) is 7.11 Å². The maximum absolute atomic E-state index is 14.1. The van der Waals surface area contributed by atoms with Crippen molar-refractivity contribution in [2.75, 3.05) is 7.11 Å². The Balaban J connectivity index is 2.25. The van der Waals surface area contributed by atoms with E-state index in [1.807, 2.05) is 12.1 Å². The first-order chi connectivity index (χ1) is 10.1. The molecular weight excluding hydrogens is 287 g/mol. The van der Waals surface area contributed by atoms with Gasteiger partial charge < -0.3 is 4.74 Å². The highest BCUT2D eigenvalue weighted by Gasteiger charge is 2.16. The molecule has 0 aliphatic carbocycles. The van der Waals surface area contributed by atoms with Crippen molar-refractivity contribution >= 4 is 11.6 Å². The van der Waals surface area contributed by atoms with Crippen LogP contribution < -0.4 is 4.74 Å². The third-order valence-corrected chi connectivity index (χ3v) is 4.38. The zero-order valence-corrected chi connectivity index (χ0v) is 13.3. The summed E-state index contributed by atoms with van der Waals surface area (Å²) < 4.78 is 19.1. The lowest BCUT2D eigenvalue weighted by atomic mass is 9.96. The standard InChI is InChI=1S/C18H20ClFO/c1-4-12(2)13-5-7-14(8-6-13)18(19)16-10-9-15(21-3)11-17(16)20/h5-12,18H,4H2,1-3H3. The van der Waals surface area contributed by atoms with Gasteiger partial charge in [-0.25, -0.2) is 4.39 Å². The molecule has 0 heterocycles. The van der Waals surface area contributed by atoms with Gasteiger partial charge in [-0.2, -0.15) is 0 Å². The summed E-state index contributed by atoms with van der Waals surface area (Å²) in [6.45, 7) is 4.35. The van der Waals surface area contributed by atoms with Crippen molar-refractivity contribution in [2.24, 2.45) is 0 Å². The first-order valence-corrected chi connectivity index (χ1v) is 7.57. The van der Waals surface area contributed by atoms with E-state index in [4.69, 9.17) is 16.3 Å². The van der Waals surface area contributed by atoms with Gasteiger partial charge in [-0.1, -0.05) is 44.2 Å². The highest BCUT2D eigenvalue weighted by molar-refractivity contribution is 6.22. The lowest BCUT2D eigenvalue weighted by molar-refractivity contribution is 0.410. The van der Waals surface area contributed by atoms with Crippen LogP contribution in [0.15, 0.2) is 42.5 Å². The number of ether oxygens (including phenoxy) is 1. The Morgan fingerprint density at radius 3 is 2.24 bits per heavy atom. The molecule has 0 spiro atoms. The Bertz CT molecular complexity index is 595. The Morgan fingerprint density at radius 2 is 1.71 bits per heavy atom. The lowest BCUT2D eigenvalue weighted by Crippen LogP contribution is -1.99. The Morgan fingerprint density at radius 1 is 1.10 bits per heavy atom. The molecule has 2 unspecified atom stereocenters. The average molecular weight is 307 g/mol. The Kier molecular flexibility index (Phi) is 5.24. The molecule has 3 heteroatoms. The molecule has 0 saturated carbocycles. The van der Waals surface area contributed by atoms with Crippen molar-refractivity contribution in [1.82, 2.24) is 0 Å². The molecule has 112 valence electrons. The van der Waals surface area contributed by atoms with E-state index in [0.29, 0.717) is 17.2 Å². The second-order valence-electron chi connectivity index (χ2n) is 5.23. The van der Waals surface area contributed by atoms with Crippen LogP contribution in [0.3, 0.4) is 0 Å². The predicted molar refractivity (Wildman–Crippen MR) is 85.8 cm³/mol. The molecule has 2 atom stereocenters. The molecule has 0 amide bonds. The zero-order chi connectivity index (χ0) is 15.4. The van der Waals surface area contributed by atoms with Gasteiger partial charge in [-0.3, -0.25) is 0 Å². The summed E-state index contributed by atoms with van der Waals surface area (Å²) in [6, 6.07) is 12.8. The minimum absolute atomic E-state index is 0.347. The average Bonchev–Trinajstić information content (AvgIpc) is 2.53. The van der Waals surface area contributed by atoms with Crippen molar-refractivity contribution in [3.63, 3.8) is 0 Å². The fourth-order valence-electron chi connectivity index (χ4n) is 2.25. The van der Waals surface area contributed by atoms with Crippen LogP contribution in [0.1, 0.15) is 48.3 Å². The van der Waals surface area contributed by atoms with E-state index >= 15 is 0 Å². The number of rotatable bonds is 5. The van der Waals surface area contributed by atoms with E-state index in [0.717, 1.165) is 12.0 Å². The van der Waals surface area contributed by atoms with E-state index in [1.54, 1.807) is 12.1 Å². The van der Waals surface area contributed by atoms with Gasteiger partial charge in [0.15, 0.2) is 0 Å². The third-order valence-electron chi connectivity index (χ3n) is 3.89. The number of methoxy groups -OCH3 is 1. The van der Waals surface area contributed by atoms with Gasteiger partial charge in [0, 0.05) is 11.6 Å². The largest absolute Gasteiger partial charge is 0.497 e. The molecule has 0 N–H and O–H groups in total. The summed E-state index contributed by atoms with van der Waals surface area (Å²) in [5.74, 6) is 0.665. The molecule has 0 fully saturated rings. The number of hydrogen-bond donors (Lipinski definition) is 0. The number of halogens is 2. The van der Waals surface area contributed by atoms with Gasteiger partial charge >= 0.3 is 0 Å². The second kappa shape index (κ2) is 6.95. The monoisotopic (exact) mass is 306 g/mol. The van der Waals surface area contributed by atoms with Gasteiger partial charge in [0.2, 0.25) is 0 Å². The molecular formula is C18H20ClFO. The van der Waals surface area contributed by atoms with Crippen LogP contribution in [0.2, 0.25) is 0 Å². The Hall–Kier alpha value is -1.54. The number of alkyl halides is 1. The van der Waals surface area contributed by atoms with E-state index in [9.17, 15) is 4.39 Å². The van der Waals surface area contributed by atoms with Gasteiger partial charge in [-0.05, 0) is 29.5 Å². The summed E-state index contributed by atoms with van der Waals surface area (Å²) in [6.07, 6.45) is 1.09. The van der Waals surface area contributed by atoms with E-state index in [2.05, 4.69) is 26.0 Å². The number of benzene rings is 2. The zero-order valence-electron chi connectivity index (χ0n) is 12.6. The Labute approximate surface area is 130 Å². The van der Waals surface area contributed by atoms with E-state index < -0.39 is 5.38 Å². The van der Waals surface area contributed by atoms with Crippen molar-refractivity contribution in [1.29, 1.82) is 0 Å². The number of hydrogen-bond acceptors (Lipinski definition) is 1. The summed E-state index contributed by atoms with van der Waals surface area (Å²) in [5, 5.41) is -0.498. The fourth-order valence-corrected chi connectivity index (χ4v) is 2.57. The van der Waals surface area contributed by atoms with Crippen molar-refractivity contribution < 1.29 is 9.13 Å². The van der Waals surface area contributed by atoms with Gasteiger partial charge in [-0.15, -0.1) is 11.6 Å². The quantitative estimate of drug-likeness (QED) is 0.646. The first kappa shape index (κ1) is 15.8. The highest BCUT2D eigenvalue weighted by Crippen LogP contribution is 2.33. The molecule has 2 aromatic rings. The minimum atomic E-state index is -0.498. The normalized spacial score (nSPS) is 13.8. The summed E-state index contributed by atoms with van der Waals surface area (Å²) in [4.78, 5) is 0. The molecule has 0 radical (unpaired) electrons. The van der Waals surface area contributed by atoms with Crippen molar-refractivity contribution in [3.05, 3.63) is 65.0 Å². The molecule has 0 bridgehead atoms. The highest BCUT2D eigenvalue weighted by atomic mass is 35.5. The van der Waals surface area contributed by atoms with Gasteiger partial charge in [0.25, 0.3) is 0 Å². The van der Waals surface area contributed by atoms with Crippen LogP contribution in [0.5, 0.6) is 5.75 Å². The molecule has 0 aromatic heterocycles. The van der Waals surface area contributed by atoms with E-state index in [1.165, 1.54) is 18.7 Å². The third kappa shape index (κ3) is 3.56. The molecule has 21 heavy (non-hydrogen) atoms. The first-order valence-electron chi connectivity index (χ1n) is 7.14. The molecule has 0 saturated heterocycles. The minimum Gasteiger partial charge on any atom is -0.497 e. The van der Waals surface area contributed by atoms with Gasteiger partial charge in [0.1, 0.15) is 11.6 Å². The summed E-state index contributed by atoms with van der Waals surface area (Å²) in [7, 11) is 1.51. The second-order valence-corrected chi connectivity index (χ2v) is 5.66. The summed E-state index contributed by atoms with van der Waals surface area (Å²) >= 11 is 6.42. The molecule has 0 aliphatic heterocycles. The fraction of sp³-hybridized carbons (Fsp3) is 0.333. The van der Waals surface area contributed by atoms with Crippen LogP contribution in [0, 0.1) is 5.82 Å². The molecule has 2 aromatic carbocycles. The maximum atomic E-state index is 14.1. The predicted octanol–water partition coefficient (Wildman–Crippen LogP) is 5.68. The van der Waals surface area contributed by atoms with Crippen LogP contribution >= 0.6 is 11.6 Å². The van der Waals surface area contributed by atoms with Crippen LogP contribution in [0.25, 0.3) is 0 Å². The van der Waals surface area contributed by atoms with Crippen molar-refractivity contribution in [3.8, 4) is 5.75 Å². The molecule has 0 aliphatic rings. The molecule has 1 nitrogen and oxygen atoms in total. The van der Waals surface area contributed by atoms with Crippen molar-refractivity contribution in [2.45, 2.75) is 31.6 Å². The van der Waals surface area contributed by atoms with Crippen LogP contribution in [0.4, 0.5) is 4.39 Å². The van der Waals surface area contributed by atoms with Gasteiger partial charge in [0.05, 0.1) is 12.5 Å². The SMILES string of the molecule is CCC(C)c1ccc(C(Cl)c2ccc(OC)cc2F)cc1. The lowest BCUT2D eigenvalue weighted by Gasteiger charge is -2.14. The van der Waals surface area contributed by atoms with Crippen LogP contribution in [-0.2, 0) is 0 Å². The smallest absolute Gasteiger partial charge is 0.131 e. The van der Waals surface area contributed by atoms with E-state index in [-0.39, 0.29) is 5.82 Å². The maximum Gasteiger partial charge on any atom is 0.131 e. The topological polar surface area (TPSA) is 9.23 Å².